The summed E-state index contributed by atoms with van der Waals surface area (Å²) in [4.78, 5) is 28.7. The Morgan fingerprint density at radius 2 is 1.86 bits per heavy atom. The third-order valence-electron chi connectivity index (χ3n) is 6.40. The highest BCUT2D eigenvalue weighted by Gasteiger charge is 2.42. The van der Waals surface area contributed by atoms with Crippen LogP contribution in [-0.2, 0) is 4.79 Å². The van der Waals surface area contributed by atoms with Crippen molar-refractivity contribution in [3.63, 3.8) is 0 Å². The van der Waals surface area contributed by atoms with E-state index in [0.717, 1.165) is 11.3 Å². The third-order valence-corrected chi connectivity index (χ3v) is 6.40. The van der Waals surface area contributed by atoms with Gasteiger partial charge in [-0.25, -0.2) is 4.68 Å². The largest absolute Gasteiger partial charge is 0.497 e. The molecule has 1 aliphatic carbocycles. The molecule has 10 nitrogen and oxygen atoms in total. The number of aromatic nitrogens is 3. The lowest BCUT2D eigenvalue weighted by molar-refractivity contribution is -0.384. The molecule has 1 unspecified atom stereocenters. The number of ether oxygens (including phenoxy) is 2. The predicted molar refractivity (Wildman–Crippen MR) is 128 cm³/mol. The normalized spacial score (nSPS) is 18.4. The summed E-state index contributed by atoms with van der Waals surface area (Å²) in [5.74, 6) is 2.14. The van der Waals surface area contributed by atoms with E-state index in [1.54, 1.807) is 37.1 Å². The van der Waals surface area contributed by atoms with E-state index >= 15 is 0 Å². The maximum atomic E-state index is 13.4. The van der Waals surface area contributed by atoms with Crippen LogP contribution in [0.4, 0.5) is 11.6 Å². The first kappa shape index (κ1) is 22.6. The number of nitro groups is 1. The second-order valence-electron chi connectivity index (χ2n) is 9.48. The fourth-order valence-corrected chi connectivity index (χ4v) is 4.80. The molecule has 35 heavy (non-hydrogen) atoms. The maximum Gasteiger partial charge on any atom is 0.269 e. The summed E-state index contributed by atoms with van der Waals surface area (Å²) in [6.07, 6.45) is 1.10. The summed E-state index contributed by atoms with van der Waals surface area (Å²) in [5, 5.41) is 19.1. The highest BCUT2D eigenvalue weighted by Crippen LogP contribution is 2.47. The van der Waals surface area contributed by atoms with Gasteiger partial charge in [0.25, 0.3) is 5.69 Å². The summed E-state index contributed by atoms with van der Waals surface area (Å²) in [7, 11) is 3.16. The minimum atomic E-state index is -0.551. The predicted octanol–water partition coefficient (Wildman–Crippen LogP) is 4.53. The average Bonchev–Trinajstić information content (AvgIpc) is 3.25. The van der Waals surface area contributed by atoms with Gasteiger partial charge in [0, 0.05) is 47.0 Å². The van der Waals surface area contributed by atoms with Crippen molar-refractivity contribution in [3.05, 3.63) is 69.4 Å². The van der Waals surface area contributed by atoms with Crippen molar-refractivity contribution in [2.24, 2.45) is 5.41 Å². The van der Waals surface area contributed by atoms with E-state index in [0.29, 0.717) is 47.2 Å². The van der Waals surface area contributed by atoms with Crippen LogP contribution in [0.2, 0.25) is 0 Å². The molecule has 0 fully saturated rings. The number of nitrogens with one attached hydrogen (secondary N) is 1. The Kier molecular flexibility index (Phi) is 5.31. The fourth-order valence-electron chi connectivity index (χ4n) is 4.80. The minimum absolute atomic E-state index is 0.0124. The van der Waals surface area contributed by atoms with Gasteiger partial charge in [0.05, 0.1) is 19.1 Å². The van der Waals surface area contributed by atoms with Crippen LogP contribution < -0.4 is 14.8 Å². The number of anilines is 1. The molecule has 1 atom stereocenters. The van der Waals surface area contributed by atoms with Gasteiger partial charge in [-0.05, 0) is 36.1 Å². The van der Waals surface area contributed by atoms with Crippen molar-refractivity contribution < 1.29 is 19.2 Å². The molecule has 2 aromatic carbocycles. The Morgan fingerprint density at radius 3 is 2.51 bits per heavy atom. The van der Waals surface area contributed by atoms with Crippen molar-refractivity contribution in [1.29, 1.82) is 0 Å². The molecule has 0 bridgehead atoms. The van der Waals surface area contributed by atoms with Gasteiger partial charge >= 0.3 is 0 Å². The lowest BCUT2D eigenvalue weighted by Gasteiger charge is -2.38. The van der Waals surface area contributed by atoms with Crippen LogP contribution in [0.25, 0.3) is 11.4 Å². The number of fused-ring (bicyclic) bond motifs is 1. The molecule has 2 heterocycles. The number of hydrogen-bond acceptors (Lipinski definition) is 8. The Balaban J connectivity index is 1.67. The number of nitrogens with zero attached hydrogens (tertiary/aromatic N) is 4. The molecule has 2 aliphatic rings. The van der Waals surface area contributed by atoms with E-state index in [1.807, 2.05) is 12.1 Å². The summed E-state index contributed by atoms with van der Waals surface area (Å²) in [5.41, 5.74) is 2.65. The summed E-state index contributed by atoms with van der Waals surface area (Å²) >= 11 is 0. The first-order chi connectivity index (χ1) is 16.7. The zero-order valence-corrected chi connectivity index (χ0v) is 19.9. The number of methoxy groups -OCH3 is 2. The van der Waals surface area contributed by atoms with Crippen molar-refractivity contribution >= 4 is 17.4 Å². The number of hydrogen-bond donors (Lipinski definition) is 1. The Hall–Kier alpha value is -4.21. The van der Waals surface area contributed by atoms with Crippen LogP contribution in [0.1, 0.15) is 38.3 Å². The standard InChI is InChI=1S/C25H25N5O5/c1-25(2)12-18-21(19(31)13-25)22(17-10-9-16(34-3)11-20(17)35-4)29-24(26-18)27-23(28-29)14-5-7-15(8-6-14)30(32)33/h5-11,22H,12-13H2,1-4H3,(H,26,27,28). The van der Waals surface area contributed by atoms with Crippen LogP contribution in [0.5, 0.6) is 11.5 Å². The third kappa shape index (κ3) is 3.90. The zero-order valence-electron chi connectivity index (χ0n) is 19.9. The SMILES string of the molecule is COc1ccc(C2C3=C(CC(C)(C)CC3=O)Nc3nc(-c4ccc([N+](=O)[O-])cc4)nn32)c(OC)c1. The lowest BCUT2D eigenvalue weighted by atomic mass is 9.73. The highest BCUT2D eigenvalue weighted by molar-refractivity contribution is 6.00. The van der Waals surface area contributed by atoms with Crippen LogP contribution in [-0.4, -0.2) is 39.7 Å². The molecule has 1 aromatic heterocycles. The molecular formula is C25H25N5O5. The fraction of sp³-hybridized carbons (Fsp3) is 0.320. The monoisotopic (exact) mass is 475 g/mol. The lowest BCUT2D eigenvalue weighted by Crippen LogP contribution is -2.36. The van der Waals surface area contributed by atoms with E-state index in [-0.39, 0.29) is 16.9 Å². The number of carbonyl (C=O) groups excluding carboxylic acids is 1. The number of non-ortho nitro benzene ring substituents is 1. The van der Waals surface area contributed by atoms with Crippen molar-refractivity contribution in [1.82, 2.24) is 14.8 Å². The number of rotatable bonds is 5. The average molecular weight is 476 g/mol. The van der Waals surface area contributed by atoms with Crippen LogP contribution in [0.15, 0.2) is 53.7 Å². The summed E-state index contributed by atoms with van der Waals surface area (Å²) < 4.78 is 12.7. The van der Waals surface area contributed by atoms with Crippen molar-refractivity contribution in [2.75, 3.05) is 19.5 Å². The Bertz CT molecular complexity index is 1370. The van der Waals surface area contributed by atoms with E-state index in [1.165, 1.54) is 12.1 Å². The zero-order chi connectivity index (χ0) is 24.9. The maximum absolute atomic E-state index is 13.4. The van der Waals surface area contributed by atoms with Crippen molar-refractivity contribution in [3.8, 4) is 22.9 Å². The highest BCUT2D eigenvalue weighted by atomic mass is 16.6. The van der Waals surface area contributed by atoms with Gasteiger partial charge in [0.1, 0.15) is 17.5 Å². The number of nitro benzene ring substituents is 1. The number of Topliss-reactive ketones (excluding diaryl/α,β-unsaturated/α-hetero) is 1. The molecule has 3 aromatic rings. The first-order valence-electron chi connectivity index (χ1n) is 11.2. The molecule has 180 valence electrons. The summed E-state index contributed by atoms with van der Waals surface area (Å²) in [6, 6.07) is 11.0. The van der Waals surface area contributed by atoms with Gasteiger partial charge in [0.15, 0.2) is 11.6 Å². The number of ketones is 1. The molecule has 0 saturated heterocycles. The van der Waals surface area contributed by atoms with E-state index in [4.69, 9.17) is 14.6 Å². The second-order valence-corrected chi connectivity index (χ2v) is 9.48. The van der Waals surface area contributed by atoms with Crippen LogP contribution in [0, 0.1) is 15.5 Å². The molecule has 1 aliphatic heterocycles. The quantitative estimate of drug-likeness (QED) is 0.422. The second kappa shape index (κ2) is 8.23. The van der Waals surface area contributed by atoms with Gasteiger partial charge in [-0.15, -0.1) is 5.10 Å². The molecule has 1 N–H and O–H groups in total. The molecule has 0 amide bonds. The van der Waals surface area contributed by atoms with Gasteiger partial charge in [0.2, 0.25) is 5.95 Å². The van der Waals surface area contributed by atoms with Gasteiger partial charge in [-0.3, -0.25) is 14.9 Å². The molecule has 0 saturated carbocycles. The van der Waals surface area contributed by atoms with E-state index in [2.05, 4.69) is 24.1 Å². The van der Waals surface area contributed by atoms with Gasteiger partial charge in [-0.2, -0.15) is 4.98 Å². The topological polar surface area (TPSA) is 121 Å². The van der Waals surface area contributed by atoms with Crippen LogP contribution >= 0.6 is 0 Å². The molecule has 0 radical (unpaired) electrons. The van der Waals surface area contributed by atoms with E-state index in [9.17, 15) is 14.9 Å². The number of allylic oxidation sites excluding steroid dienone is 2. The smallest absolute Gasteiger partial charge is 0.269 e. The molecule has 0 spiro atoms. The van der Waals surface area contributed by atoms with Crippen LogP contribution in [0.3, 0.4) is 0 Å². The van der Waals surface area contributed by atoms with Gasteiger partial charge in [-0.1, -0.05) is 13.8 Å². The number of benzene rings is 2. The molecular weight excluding hydrogens is 450 g/mol. The Morgan fingerprint density at radius 1 is 1.11 bits per heavy atom. The van der Waals surface area contributed by atoms with E-state index < -0.39 is 11.0 Å². The van der Waals surface area contributed by atoms with Gasteiger partial charge < -0.3 is 14.8 Å². The van der Waals surface area contributed by atoms with Crippen molar-refractivity contribution in [2.45, 2.75) is 32.7 Å². The minimum Gasteiger partial charge on any atom is -0.497 e. The first-order valence-corrected chi connectivity index (χ1v) is 11.2. The molecule has 5 rings (SSSR count). The molecule has 10 heteroatoms. The number of carbonyl (C=O) groups is 1. The Labute approximate surface area is 201 Å². The summed E-state index contributed by atoms with van der Waals surface area (Å²) in [6.45, 7) is 4.14.